The van der Waals surface area contributed by atoms with E-state index in [4.69, 9.17) is 0 Å². The SMILES string of the molecule is CS(=O)c1ccc(-c2nnc(C3CC(NC(=O)c4ccccn4)C3)n2-c2ccccc2F)nc1.O. The number of para-hydroxylation sites is 1. The van der Waals surface area contributed by atoms with Crippen LogP contribution < -0.4 is 5.32 Å². The molecule has 180 valence electrons. The molecule has 35 heavy (non-hydrogen) atoms. The van der Waals surface area contributed by atoms with Crippen LogP contribution in [0.2, 0.25) is 0 Å². The molecule has 0 spiro atoms. The molecule has 1 saturated carbocycles. The highest BCUT2D eigenvalue weighted by molar-refractivity contribution is 7.84. The Labute approximate surface area is 203 Å². The van der Waals surface area contributed by atoms with Crippen LogP contribution in [0.1, 0.15) is 35.1 Å². The Morgan fingerprint density at radius 3 is 2.49 bits per heavy atom. The van der Waals surface area contributed by atoms with E-state index in [1.54, 1.807) is 65.6 Å². The van der Waals surface area contributed by atoms with Crippen molar-refractivity contribution < 1.29 is 18.9 Å². The van der Waals surface area contributed by atoms with Gasteiger partial charge in [-0.3, -0.25) is 23.5 Å². The molecule has 0 bridgehead atoms. The van der Waals surface area contributed by atoms with Gasteiger partial charge in [0.05, 0.1) is 21.4 Å². The van der Waals surface area contributed by atoms with Crippen molar-refractivity contribution in [1.29, 1.82) is 0 Å². The Morgan fingerprint density at radius 2 is 1.83 bits per heavy atom. The van der Waals surface area contributed by atoms with Gasteiger partial charge < -0.3 is 10.8 Å². The average Bonchev–Trinajstić information content (AvgIpc) is 3.26. The highest BCUT2D eigenvalue weighted by atomic mass is 32.2. The number of pyridine rings is 2. The van der Waals surface area contributed by atoms with Crippen molar-refractivity contribution in [2.75, 3.05) is 6.26 Å². The molecule has 1 aliphatic rings. The maximum atomic E-state index is 14.8. The second-order valence-corrected chi connectivity index (χ2v) is 9.44. The Morgan fingerprint density at radius 1 is 1.06 bits per heavy atom. The van der Waals surface area contributed by atoms with E-state index in [0.29, 0.717) is 46.5 Å². The summed E-state index contributed by atoms with van der Waals surface area (Å²) in [6, 6.07) is 15.0. The number of amides is 1. The zero-order valence-corrected chi connectivity index (χ0v) is 19.6. The predicted octanol–water partition coefficient (Wildman–Crippen LogP) is 2.45. The Bertz CT molecular complexity index is 1360. The average molecular weight is 495 g/mol. The molecule has 0 saturated heterocycles. The lowest BCUT2D eigenvalue weighted by molar-refractivity contribution is 0.0902. The number of hydrogen-bond donors (Lipinski definition) is 1. The molecule has 3 N–H and O–H groups in total. The number of nitrogens with zero attached hydrogens (tertiary/aromatic N) is 5. The third-order valence-corrected chi connectivity index (χ3v) is 6.72. The van der Waals surface area contributed by atoms with Gasteiger partial charge in [0, 0.05) is 30.6 Å². The number of nitrogens with one attached hydrogen (secondary N) is 1. The number of aromatic nitrogens is 5. The second-order valence-electron chi connectivity index (χ2n) is 8.06. The largest absolute Gasteiger partial charge is 0.412 e. The first kappa shape index (κ1) is 24.3. The minimum Gasteiger partial charge on any atom is -0.412 e. The van der Waals surface area contributed by atoms with Crippen LogP contribution in [0.25, 0.3) is 17.2 Å². The van der Waals surface area contributed by atoms with Crippen molar-refractivity contribution >= 4 is 16.7 Å². The minimum absolute atomic E-state index is 0. The van der Waals surface area contributed by atoms with Gasteiger partial charge in [0.15, 0.2) is 5.82 Å². The van der Waals surface area contributed by atoms with E-state index < -0.39 is 16.6 Å². The lowest BCUT2D eigenvalue weighted by Crippen LogP contribution is -2.44. The summed E-state index contributed by atoms with van der Waals surface area (Å²) < 4.78 is 28.2. The van der Waals surface area contributed by atoms with E-state index in [2.05, 4.69) is 25.5 Å². The van der Waals surface area contributed by atoms with Crippen molar-refractivity contribution in [2.24, 2.45) is 0 Å². The summed E-state index contributed by atoms with van der Waals surface area (Å²) >= 11 is 0. The molecular formula is C24H23FN6O3S. The molecule has 0 radical (unpaired) electrons. The van der Waals surface area contributed by atoms with Crippen molar-refractivity contribution in [3.63, 3.8) is 0 Å². The van der Waals surface area contributed by atoms with Gasteiger partial charge >= 0.3 is 0 Å². The van der Waals surface area contributed by atoms with Gasteiger partial charge in [-0.2, -0.15) is 0 Å². The van der Waals surface area contributed by atoms with Crippen LogP contribution in [0, 0.1) is 5.82 Å². The van der Waals surface area contributed by atoms with Crippen LogP contribution in [0.4, 0.5) is 4.39 Å². The molecule has 4 aromatic rings. The Hall–Kier alpha value is -3.83. The molecular weight excluding hydrogens is 471 g/mol. The number of halogens is 1. The van der Waals surface area contributed by atoms with Crippen LogP contribution in [0.3, 0.4) is 0 Å². The first-order chi connectivity index (χ1) is 16.5. The van der Waals surface area contributed by atoms with Crippen LogP contribution in [-0.4, -0.2) is 52.6 Å². The van der Waals surface area contributed by atoms with Crippen LogP contribution in [0.5, 0.6) is 0 Å². The Kier molecular flexibility index (Phi) is 7.08. The molecule has 1 atom stereocenters. The van der Waals surface area contributed by atoms with Crippen molar-refractivity contribution in [3.8, 4) is 17.2 Å². The molecule has 11 heteroatoms. The summed E-state index contributed by atoms with van der Waals surface area (Å²) in [6.07, 6.45) is 5.97. The maximum Gasteiger partial charge on any atom is 0.270 e. The molecule has 5 rings (SSSR count). The summed E-state index contributed by atoms with van der Waals surface area (Å²) in [4.78, 5) is 21.5. The molecule has 3 heterocycles. The fraction of sp³-hybridized carbons (Fsp3) is 0.208. The van der Waals surface area contributed by atoms with Gasteiger partial charge in [0.25, 0.3) is 5.91 Å². The first-order valence-corrected chi connectivity index (χ1v) is 12.3. The third-order valence-electron chi connectivity index (χ3n) is 5.81. The zero-order valence-electron chi connectivity index (χ0n) is 18.8. The Balaban J connectivity index is 0.00000289. The van der Waals surface area contributed by atoms with Gasteiger partial charge in [-0.05, 0) is 49.2 Å². The number of hydrogen-bond acceptors (Lipinski definition) is 6. The lowest BCUT2D eigenvalue weighted by atomic mass is 9.79. The summed E-state index contributed by atoms with van der Waals surface area (Å²) in [5.41, 5.74) is 1.18. The van der Waals surface area contributed by atoms with Crippen molar-refractivity contribution in [2.45, 2.75) is 29.7 Å². The van der Waals surface area contributed by atoms with E-state index in [1.807, 2.05) is 0 Å². The standard InChI is InChI=1S/C24H21FN6O2S.H2O/c1-34(33)17-9-10-19(27-14-17)23-30-29-22(31(23)21-8-3-2-6-18(21)25)15-12-16(13-15)28-24(32)20-7-4-5-11-26-20;/h2-11,14-16H,12-13H2,1H3,(H,28,32);1H2. The van der Waals surface area contributed by atoms with E-state index >= 15 is 0 Å². The molecule has 0 aliphatic heterocycles. The van der Waals surface area contributed by atoms with E-state index in [1.165, 1.54) is 12.3 Å². The van der Waals surface area contributed by atoms with Crippen LogP contribution >= 0.6 is 0 Å². The van der Waals surface area contributed by atoms with Crippen LogP contribution in [0.15, 0.2) is 71.9 Å². The smallest absolute Gasteiger partial charge is 0.270 e. The molecule has 1 aliphatic carbocycles. The summed E-state index contributed by atoms with van der Waals surface area (Å²) in [6.45, 7) is 0. The molecule has 1 unspecified atom stereocenters. The summed E-state index contributed by atoms with van der Waals surface area (Å²) in [5, 5.41) is 11.7. The summed E-state index contributed by atoms with van der Waals surface area (Å²) in [7, 11) is -1.16. The molecule has 3 aromatic heterocycles. The highest BCUT2D eigenvalue weighted by Gasteiger charge is 2.36. The minimum atomic E-state index is -1.16. The van der Waals surface area contributed by atoms with Gasteiger partial charge in [0.2, 0.25) is 0 Å². The first-order valence-electron chi connectivity index (χ1n) is 10.7. The van der Waals surface area contributed by atoms with Gasteiger partial charge in [-0.15, -0.1) is 10.2 Å². The number of carbonyl (C=O) groups is 1. The second kappa shape index (κ2) is 10.2. The monoisotopic (exact) mass is 494 g/mol. The number of carbonyl (C=O) groups excluding carboxylic acids is 1. The fourth-order valence-electron chi connectivity index (χ4n) is 3.98. The van der Waals surface area contributed by atoms with E-state index in [0.717, 1.165) is 0 Å². The maximum absolute atomic E-state index is 14.8. The summed E-state index contributed by atoms with van der Waals surface area (Å²) in [5.74, 6) is 0.355. The normalized spacial score (nSPS) is 17.7. The van der Waals surface area contributed by atoms with Gasteiger partial charge in [0.1, 0.15) is 23.0 Å². The molecule has 1 amide bonds. The van der Waals surface area contributed by atoms with Crippen molar-refractivity contribution in [3.05, 3.63) is 84.3 Å². The molecule has 9 nitrogen and oxygen atoms in total. The van der Waals surface area contributed by atoms with Gasteiger partial charge in [-0.1, -0.05) is 18.2 Å². The van der Waals surface area contributed by atoms with Gasteiger partial charge in [-0.25, -0.2) is 4.39 Å². The molecule has 1 fully saturated rings. The quantitative estimate of drug-likeness (QED) is 0.438. The van der Waals surface area contributed by atoms with Crippen molar-refractivity contribution in [1.82, 2.24) is 30.0 Å². The zero-order chi connectivity index (χ0) is 23.7. The van der Waals surface area contributed by atoms with E-state index in [-0.39, 0.29) is 23.3 Å². The third kappa shape index (κ3) is 4.86. The van der Waals surface area contributed by atoms with E-state index in [9.17, 15) is 13.4 Å². The predicted molar refractivity (Wildman–Crippen MR) is 128 cm³/mol. The topological polar surface area (TPSA) is 134 Å². The fourth-order valence-corrected chi connectivity index (χ4v) is 4.44. The highest BCUT2D eigenvalue weighted by Crippen LogP contribution is 2.38. The van der Waals surface area contributed by atoms with Crippen LogP contribution in [-0.2, 0) is 10.8 Å². The number of rotatable bonds is 6. The number of benzene rings is 1. The molecule has 1 aromatic carbocycles. The lowest BCUT2D eigenvalue weighted by Gasteiger charge is -2.35.